The molecule has 1 N–H and O–H groups in total. The maximum atomic E-state index is 12.6. The minimum absolute atomic E-state index is 0.00977. The van der Waals surface area contributed by atoms with Gasteiger partial charge in [-0.05, 0) is 49.8 Å². The van der Waals surface area contributed by atoms with Crippen LogP contribution in [0.3, 0.4) is 0 Å². The van der Waals surface area contributed by atoms with Gasteiger partial charge in [0.25, 0.3) is 0 Å². The minimum atomic E-state index is 0.00977. The van der Waals surface area contributed by atoms with Gasteiger partial charge in [-0.25, -0.2) is 0 Å². The Morgan fingerprint density at radius 3 is 2.28 bits per heavy atom. The lowest BCUT2D eigenvalue weighted by Gasteiger charge is -2.32. The van der Waals surface area contributed by atoms with Crippen molar-refractivity contribution >= 4 is 11.8 Å². The third-order valence-corrected chi connectivity index (χ3v) is 5.35. The van der Waals surface area contributed by atoms with Gasteiger partial charge in [-0.15, -0.1) is 0 Å². The Balaban J connectivity index is 1.52. The highest BCUT2D eigenvalue weighted by atomic mass is 16.5. The molecule has 1 heterocycles. The lowest BCUT2D eigenvalue weighted by Crippen LogP contribution is -2.44. The van der Waals surface area contributed by atoms with E-state index in [1.807, 2.05) is 29.2 Å². The van der Waals surface area contributed by atoms with Crippen molar-refractivity contribution in [2.24, 2.45) is 11.8 Å². The molecule has 1 aromatic rings. The van der Waals surface area contributed by atoms with Crippen molar-refractivity contribution in [1.29, 1.82) is 0 Å². The van der Waals surface area contributed by atoms with Crippen molar-refractivity contribution in [1.82, 2.24) is 10.2 Å². The van der Waals surface area contributed by atoms with Crippen molar-refractivity contribution in [3.05, 3.63) is 29.8 Å². The van der Waals surface area contributed by atoms with Crippen molar-refractivity contribution in [2.45, 2.75) is 45.1 Å². The molecule has 1 saturated carbocycles. The van der Waals surface area contributed by atoms with E-state index in [1.54, 1.807) is 7.11 Å². The molecule has 5 nitrogen and oxygen atoms in total. The van der Waals surface area contributed by atoms with E-state index in [4.69, 9.17) is 4.74 Å². The second-order valence-corrected chi connectivity index (χ2v) is 7.12. The Morgan fingerprint density at radius 2 is 1.76 bits per heavy atom. The summed E-state index contributed by atoms with van der Waals surface area (Å²) in [5.41, 5.74) is 1.10. The maximum absolute atomic E-state index is 12.6. The molecule has 1 unspecified atom stereocenters. The van der Waals surface area contributed by atoms with Gasteiger partial charge >= 0.3 is 0 Å². The maximum Gasteiger partial charge on any atom is 0.225 e. The monoisotopic (exact) mass is 344 g/mol. The first-order chi connectivity index (χ1) is 12.1. The molecule has 0 spiro atoms. The Morgan fingerprint density at radius 1 is 1.12 bits per heavy atom. The number of nitrogens with zero attached hydrogens (tertiary/aromatic N) is 1. The zero-order valence-electron chi connectivity index (χ0n) is 15.2. The number of methoxy groups -OCH3 is 1. The van der Waals surface area contributed by atoms with Crippen LogP contribution in [0.2, 0.25) is 0 Å². The molecule has 0 bridgehead atoms. The average molecular weight is 344 g/mol. The summed E-state index contributed by atoms with van der Waals surface area (Å²) in [6.07, 6.45) is 4.46. The van der Waals surface area contributed by atoms with Crippen LogP contribution < -0.4 is 10.1 Å². The van der Waals surface area contributed by atoms with E-state index in [1.165, 1.54) is 0 Å². The smallest absolute Gasteiger partial charge is 0.225 e. The van der Waals surface area contributed by atoms with Gasteiger partial charge in [-0.3, -0.25) is 9.59 Å². The molecule has 0 radical (unpaired) electrons. The summed E-state index contributed by atoms with van der Waals surface area (Å²) in [6.45, 7) is 3.51. The van der Waals surface area contributed by atoms with E-state index in [2.05, 4.69) is 12.2 Å². The summed E-state index contributed by atoms with van der Waals surface area (Å²) >= 11 is 0. The SMILES string of the molecule is CCC(NC(=O)C1CCN(C(=O)C2CC2)CC1)c1ccc(OC)cc1. The standard InChI is InChI=1S/C20H28N2O3/c1-3-18(14-6-8-17(25-2)9-7-14)21-19(23)15-10-12-22(13-11-15)20(24)16-4-5-16/h6-9,15-16,18H,3-5,10-13H2,1-2H3,(H,21,23). The van der Waals surface area contributed by atoms with Gasteiger partial charge in [0.05, 0.1) is 13.2 Å². The molecule has 1 aliphatic heterocycles. The van der Waals surface area contributed by atoms with Crippen LogP contribution in [-0.2, 0) is 9.59 Å². The Labute approximate surface area is 149 Å². The largest absolute Gasteiger partial charge is 0.497 e. The quantitative estimate of drug-likeness (QED) is 0.863. The summed E-state index contributed by atoms with van der Waals surface area (Å²) in [6, 6.07) is 7.87. The van der Waals surface area contributed by atoms with E-state index >= 15 is 0 Å². The molecule has 2 fully saturated rings. The van der Waals surface area contributed by atoms with E-state index in [0.29, 0.717) is 19.0 Å². The molecule has 1 aliphatic carbocycles. The van der Waals surface area contributed by atoms with Crippen molar-refractivity contribution in [3.8, 4) is 5.75 Å². The number of carbonyl (C=O) groups is 2. The number of hydrogen-bond donors (Lipinski definition) is 1. The molecule has 1 atom stereocenters. The average Bonchev–Trinajstić information content (AvgIpc) is 3.51. The fourth-order valence-corrected chi connectivity index (χ4v) is 3.50. The van der Waals surface area contributed by atoms with Crippen LogP contribution in [0, 0.1) is 11.8 Å². The normalized spacial score (nSPS) is 19.4. The number of benzene rings is 1. The van der Waals surface area contributed by atoms with Crippen molar-refractivity contribution < 1.29 is 14.3 Å². The summed E-state index contributed by atoms with van der Waals surface area (Å²) in [7, 11) is 1.65. The predicted octanol–water partition coefficient (Wildman–Crippen LogP) is 2.91. The Bertz CT molecular complexity index is 602. The van der Waals surface area contributed by atoms with Crippen molar-refractivity contribution in [3.63, 3.8) is 0 Å². The second-order valence-electron chi connectivity index (χ2n) is 7.12. The molecule has 25 heavy (non-hydrogen) atoms. The highest BCUT2D eigenvalue weighted by molar-refractivity contribution is 5.82. The van der Waals surface area contributed by atoms with Gasteiger partial charge in [0, 0.05) is 24.9 Å². The van der Waals surface area contributed by atoms with Crippen LogP contribution in [0.15, 0.2) is 24.3 Å². The minimum Gasteiger partial charge on any atom is -0.497 e. The molecule has 1 saturated heterocycles. The third-order valence-electron chi connectivity index (χ3n) is 5.35. The zero-order chi connectivity index (χ0) is 17.8. The topological polar surface area (TPSA) is 58.6 Å². The van der Waals surface area contributed by atoms with E-state index < -0.39 is 0 Å². The first-order valence-electron chi connectivity index (χ1n) is 9.35. The summed E-state index contributed by atoms with van der Waals surface area (Å²) in [4.78, 5) is 26.7. The highest BCUT2D eigenvalue weighted by Crippen LogP contribution is 2.32. The summed E-state index contributed by atoms with van der Waals surface area (Å²) in [5.74, 6) is 1.50. The molecular weight excluding hydrogens is 316 g/mol. The number of ether oxygens (including phenoxy) is 1. The van der Waals surface area contributed by atoms with Crippen molar-refractivity contribution in [2.75, 3.05) is 20.2 Å². The number of nitrogens with one attached hydrogen (secondary N) is 1. The first-order valence-corrected chi connectivity index (χ1v) is 9.35. The van der Waals surface area contributed by atoms with Gasteiger partial charge in [0.1, 0.15) is 5.75 Å². The number of likely N-dealkylation sites (tertiary alicyclic amines) is 1. The fraction of sp³-hybridized carbons (Fsp3) is 0.600. The summed E-state index contributed by atoms with van der Waals surface area (Å²) in [5, 5.41) is 3.19. The van der Waals surface area contributed by atoms with Gasteiger partial charge in [0.2, 0.25) is 11.8 Å². The van der Waals surface area contributed by atoms with Crippen LogP contribution in [0.1, 0.15) is 50.6 Å². The van der Waals surface area contributed by atoms with Gasteiger partial charge < -0.3 is 15.0 Å². The van der Waals surface area contributed by atoms with Gasteiger partial charge in [0.15, 0.2) is 0 Å². The van der Waals surface area contributed by atoms with Gasteiger partial charge in [-0.2, -0.15) is 0 Å². The molecule has 1 aromatic carbocycles. The number of hydrogen-bond acceptors (Lipinski definition) is 3. The molecule has 3 rings (SSSR count). The van der Waals surface area contributed by atoms with Crippen LogP contribution in [-0.4, -0.2) is 36.9 Å². The van der Waals surface area contributed by atoms with Crippen LogP contribution in [0.25, 0.3) is 0 Å². The molecule has 2 amide bonds. The molecule has 136 valence electrons. The second kappa shape index (κ2) is 7.89. The van der Waals surface area contributed by atoms with E-state index in [-0.39, 0.29) is 23.8 Å². The molecule has 2 aliphatic rings. The molecular formula is C20H28N2O3. The fourth-order valence-electron chi connectivity index (χ4n) is 3.50. The third kappa shape index (κ3) is 4.33. The Hall–Kier alpha value is -2.04. The first kappa shape index (κ1) is 17.8. The summed E-state index contributed by atoms with van der Waals surface area (Å²) < 4.78 is 5.19. The van der Waals surface area contributed by atoms with E-state index in [0.717, 1.165) is 43.4 Å². The number of piperidine rings is 1. The van der Waals surface area contributed by atoms with Crippen LogP contribution >= 0.6 is 0 Å². The van der Waals surface area contributed by atoms with Crippen LogP contribution in [0.5, 0.6) is 5.75 Å². The number of carbonyl (C=O) groups excluding carboxylic acids is 2. The Kier molecular flexibility index (Phi) is 5.61. The number of amides is 2. The zero-order valence-corrected chi connectivity index (χ0v) is 15.2. The van der Waals surface area contributed by atoms with E-state index in [9.17, 15) is 9.59 Å². The highest BCUT2D eigenvalue weighted by Gasteiger charge is 2.36. The molecule has 5 heteroatoms. The van der Waals surface area contributed by atoms with Crippen LogP contribution in [0.4, 0.5) is 0 Å². The predicted molar refractivity (Wildman–Crippen MR) is 96.2 cm³/mol. The van der Waals surface area contributed by atoms with Gasteiger partial charge in [-0.1, -0.05) is 19.1 Å². The lowest BCUT2D eigenvalue weighted by atomic mass is 9.94. The lowest BCUT2D eigenvalue weighted by molar-refractivity contribution is -0.136. The molecule has 0 aromatic heterocycles. The number of rotatable bonds is 6.